The monoisotopic (exact) mass is 585 g/mol. The number of hydrogen-bond acceptors (Lipinski definition) is 6. The molecule has 10 heteroatoms. The molecule has 2 heterocycles. The second-order valence-electron chi connectivity index (χ2n) is 10.5. The van der Waals surface area contributed by atoms with Crippen LogP contribution in [0.1, 0.15) is 44.7 Å². The molecular weight excluding hydrogens is 560 g/mol. The summed E-state index contributed by atoms with van der Waals surface area (Å²) in [5.41, 5.74) is 5.69. The third-order valence-corrected chi connectivity index (χ3v) is 7.83. The minimum absolute atomic E-state index is 0.0203. The van der Waals surface area contributed by atoms with E-state index in [2.05, 4.69) is 21.2 Å². The zero-order valence-corrected chi connectivity index (χ0v) is 22.9. The second-order valence-corrected chi connectivity index (χ2v) is 11.4. The van der Waals surface area contributed by atoms with Gasteiger partial charge in [0.1, 0.15) is 22.6 Å². The quantitative estimate of drug-likeness (QED) is 0.485. The van der Waals surface area contributed by atoms with Gasteiger partial charge in [0.2, 0.25) is 5.91 Å². The van der Waals surface area contributed by atoms with Gasteiger partial charge in [-0.1, -0.05) is 31.5 Å². The van der Waals surface area contributed by atoms with E-state index in [4.69, 9.17) is 10.5 Å². The molecule has 0 saturated heterocycles. The number of nitrogens with zero attached hydrogens (tertiary/aromatic N) is 1. The lowest BCUT2D eigenvalue weighted by molar-refractivity contribution is -0.140. The Morgan fingerprint density at radius 1 is 1.18 bits per heavy atom. The molecule has 2 aliphatic heterocycles. The van der Waals surface area contributed by atoms with Crippen molar-refractivity contribution in [2.45, 2.75) is 46.0 Å². The van der Waals surface area contributed by atoms with Gasteiger partial charge in [-0.2, -0.15) is 0 Å². The Hall–Kier alpha value is -3.53. The zero-order valence-electron chi connectivity index (χ0n) is 21.3. The fourth-order valence-electron chi connectivity index (χ4n) is 5.86. The fourth-order valence-corrected chi connectivity index (χ4v) is 6.44. The van der Waals surface area contributed by atoms with Crippen molar-refractivity contribution in [2.75, 3.05) is 16.8 Å². The number of nitrogens with two attached hydrogens (primary N) is 1. The maximum atomic E-state index is 15.4. The van der Waals surface area contributed by atoms with Crippen molar-refractivity contribution in [3.8, 4) is 0 Å². The predicted octanol–water partition coefficient (Wildman–Crippen LogP) is 5.12. The van der Waals surface area contributed by atoms with Crippen LogP contribution in [0, 0.1) is 24.0 Å². The average molecular weight is 586 g/mol. The van der Waals surface area contributed by atoms with Gasteiger partial charge in [0.15, 0.2) is 11.6 Å². The maximum Gasteiger partial charge on any atom is 0.339 e. The topological polar surface area (TPSA) is 102 Å². The molecule has 7 nitrogen and oxygen atoms in total. The molecule has 2 aromatic rings. The van der Waals surface area contributed by atoms with Crippen molar-refractivity contribution < 1.29 is 27.9 Å². The third kappa shape index (κ3) is 3.60. The van der Waals surface area contributed by atoms with Crippen LogP contribution in [0.4, 0.5) is 20.2 Å². The van der Waals surface area contributed by atoms with E-state index in [0.717, 1.165) is 11.6 Å². The summed E-state index contributed by atoms with van der Waals surface area (Å²) in [5, 5.41) is 2.82. The van der Waals surface area contributed by atoms with E-state index in [1.54, 1.807) is 25.1 Å². The smallest absolute Gasteiger partial charge is 0.339 e. The molecule has 1 atom stereocenters. The number of fused-ring (bicyclic) bond motifs is 3. The Kier molecular flexibility index (Phi) is 6.01. The maximum absolute atomic E-state index is 15.4. The Labute approximate surface area is 226 Å². The minimum Gasteiger partial charge on any atom is -0.462 e. The van der Waals surface area contributed by atoms with Gasteiger partial charge in [-0.25, -0.2) is 13.6 Å². The van der Waals surface area contributed by atoms with Gasteiger partial charge in [-0.05, 0) is 53.7 Å². The molecular formula is C28H26BrF2N3O4. The minimum atomic E-state index is -1.90. The molecule has 1 aliphatic carbocycles. The summed E-state index contributed by atoms with van der Waals surface area (Å²) in [4.78, 5) is 43.0. The van der Waals surface area contributed by atoms with Crippen LogP contribution < -0.4 is 16.0 Å². The number of carbonyl (C=O) groups is 3. The molecule has 1 unspecified atom stereocenters. The van der Waals surface area contributed by atoms with E-state index in [9.17, 15) is 18.8 Å². The summed E-state index contributed by atoms with van der Waals surface area (Å²) in [5.74, 6) is -3.98. The van der Waals surface area contributed by atoms with Crippen LogP contribution in [-0.4, -0.2) is 24.3 Å². The molecule has 0 bridgehead atoms. The molecule has 3 aliphatic rings. The number of anilines is 2. The summed E-state index contributed by atoms with van der Waals surface area (Å²) in [6.07, 6.45) is 0.309. The Morgan fingerprint density at radius 2 is 1.89 bits per heavy atom. The van der Waals surface area contributed by atoms with Crippen LogP contribution in [0.25, 0.3) is 0 Å². The van der Waals surface area contributed by atoms with Crippen LogP contribution in [0.2, 0.25) is 0 Å². The van der Waals surface area contributed by atoms with Crippen molar-refractivity contribution in [1.29, 1.82) is 0 Å². The highest BCUT2D eigenvalue weighted by atomic mass is 79.9. The van der Waals surface area contributed by atoms with Crippen molar-refractivity contribution in [3.63, 3.8) is 0 Å². The largest absolute Gasteiger partial charge is 0.462 e. The van der Waals surface area contributed by atoms with Gasteiger partial charge in [-0.15, -0.1) is 0 Å². The Morgan fingerprint density at radius 3 is 2.55 bits per heavy atom. The van der Waals surface area contributed by atoms with Crippen LogP contribution >= 0.6 is 15.9 Å². The van der Waals surface area contributed by atoms with Gasteiger partial charge >= 0.3 is 5.97 Å². The number of ketones is 1. The number of aryl methyl sites for hydroxylation is 1. The van der Waals surface area contributed by atoms with Crippen molar-refractivity contribution >= 4 is 45.0 Å². The molecule has 3 N–H and O–H groups in total. The van der Waals surface area contributed by atoms with Crippen LogP contribution in [0.5, 0.6) is 0 Å². The molecule has 0 fully saturated rings. The highest BCUT2D eigenvalue weighted by molar-refractivity contribution is 9.10. The Balaban J connectivity index is 1.96. The number of Topliss-reactive ketones (excluding diaryl/α,β-unsaturated/α-hetero) is 1. The number of carbonyl (C=O) groups excluding carboxylic acids is 3. The average Bonchev–Trinajstić information content (AvgIpc) is 3.06. The standard InChI is InChI=1S/C28H26BrF2N3O4/c1-5-38-25(36)22-24(32)34(23-16(29)9-14(30)10-17(23)31)19-11-27(3,4)12-20(35)21(19)28(22)15-8-13(2)6-7-18(15)33-26(28)37/h6-10H,5,11-12,32H2,1-4H3,(H,33,37). The SMILES string of the molecule is CCOC(=O)C1=C(N)N(c2c(F)cc(F)cc2Br)C2=C(C(=O)CC(C)(C)C2)C12C(=O)Nc1ccc(C)cc12. The van der Waals surface area contributed by atoms with Crippen molar-refractivity contribution in [3.05, 3.63) is 80.2 Å². The number of amides is 1. The lowest BCUT2D eigenvalue weighted by atomic mass is 9.60. The molecule has 5 rings (SSSR count). The van der Waals surface area contributed by atoms with Crippen molar-refractivity contribution in [2.24, 2.45) is 11.1 Å². The van der Waals surface area contributed by atoms with E-state index >= 15 is 4.39 Å². The number of esters is 1. The molecule has 2 aromatic carbocycles. The number of allylic oxidation sites excluding steroid dienone is 1. The summed E-state index contributed by atoms with van der Waals surface area (Å²) in [6, 6.07) is 7.00. The fraction of sp³-hybridized carbons (Fsp3) is 0.321. The van der Waals surface area contributed by atoms with E-state index in [1.807, 2.05) is 20.8 Å². The zero-order chi connectivity index (χ0) is 27.7. The molecule has 1 spiro atoms. The molecule has 0 radical (unpaired) electrons. The molecule has 0 saturated carbocycles. The van der Waals surface area contributed by atoms with Crippen LogP contribution in [0.3, 0.4) is 0 Å². The first kappa shape index (κ1) is 26.1. The van der Waals surface area contributed by atoms with Gasteiger partial charge in [0.05, 0.1) is 12.3 Å². The molecule has 198 valence electrons. The summed E-state index contributed by atoms with van der Waals surface area (Å²) in [7, 11) is 0. The Bertz CT molecular complexity index is 1490. The number of nitrogens with one attached hydrogen (secondary N) is 1. The number of benzene rings is 2. The van der Waals surface area contributed by atoms with E-state index in [1.165, 1.54) is 4.90 Å². The van der Waals surface area contributed by atoms with Gasteiger partial charge in [0.25, 0.3) is 0 Å². The number of rotatable bonds is 3. The first-order valence-electron chi connectivity index (χ1n) is 12.1. The summed E-state index contributed by atoms with van der Waals surface area (Å²) < 4.78 is 34.9. The first-order valence-corrected chi connectivity index (χ1v) is 12.9. The van der Waals surface area contributed by atoms with Gasteiger partial charge in [0, 0.05) is 39.5 Å². The second kappa shape index (κ2) is 8.76. The number of ether oxygens (including phenoxy) is 1. The molecule has 0 aromatic heterocycles. The van der Waals surface area contributed by atoms with Gasteiger partial charge in [-0.3, -0.25) is 14.5 Å². The third-order valence-electron chi connectivity index (χ3n) is 7.22. The summed E-state index contributed by atoms with van der Waals surface area (Å²) in [6.45, 7) is 7.15. The van der Waals surface area contributed by atoms with E-state index in [-0.39, 0.29) is 58.1 Å². The van der Waals surface area contributed by atoms with E-state index < -0.39 is 34.3 Å². The molecule has 38 heavy (non-hydrogen) atoms. The summed E-state index contributed by atoms with van der Waals surface area (Å²) >= 11 is 3.23. The van der Waals surface area contributed by atoms with Gasteiger partial charge < -0.3 is 15.8 Å². The van der Waals surface area contributed by atoms with Crippen molar-refractivity contribution in [1.82, 2.24) is 0 Å². The van der Waals surface area contributed by atoms with E-state index in [0.29, 0.717) is 17.3 Å². The van der Waals surface area contributed by atoms with Crippen LogP contribution in [-0.2, 0) is 24.5 Å². The lowest BCUT2D eigenvalue weighted by Crippen LogP contribution is -2.54. The number of halogens is 3. The lowest BCUT2D eigenvalue weighted by Gasteiger charge is -2.47. The first-order chi connectivity index (χ1) is 17.8. The predicted molar refractivity (Wildman–Crippen MR) is 141 cm³/mol. The highest BCUT2D eigenvalue weighted by Gasteiger charge is 2.63. The van der Waals surface area contributed by atoms with Crippen LogP contribution in [0.15, 0.2) is 57.5 Å². The molecule has 1 amide bonds. The number of hydrogen-bond donors (Lipinski definition) is 2. The highest BCUT2D eigenvalue weighted by Crippen LogP contribution is 2.58. The normalized spacial score (nSPS) is 22.0.